The van der Waals surface area contributed by atoms with E-state index < -0.39 is 6.09 Å². The lowest BCUT2D eigenvalue weighted by molar-refractivity contribution is 0.202. The van der Waals surface area contributed by atoms with Crippen LogP contribution in [-0.2, 0) is 0 Å². The van der Waals surface area contributed by atoms with Crippen molar-refractivity contribution in [2.45, 2.75) is 38.0 Å². The molecule has 2 aromatic rings. The predicted octanol–water partition coefficient (Wildman–Crippen LogP) is 3.10. The monoisotopic (exact) mass is 273 g/mol. The number of ether oxygens (including phenoxy) is 1. The summed E-state index contributed by atoms with van der Waals surface area (Å²) in [5.74, 6) is 1.10. The number of nitrogens with one attached hydrogen (secondary N) is 1. The number of aromatic nitrogens is 2. The Morgan fingerprint density at radius 1 is 1.35 bits per heavy atom. The molecule has 0 aromatic carbocycles. The third-order valence-corrected chi connectivity index (χ3v) is 3.95. The highest BCUT2D eigenvalue weighted by Gasteiger charge is 2.19. The summed E-state index contributed by atoms with van der Waals surface area (Å²) in [5, 5.41) is 2.45. The Hall–Kier alpha value is -2.04. The molecule has 0 radical (unpaired) electrons. The van der Waals surface area contributed by atoms with Gasteiger partial charge in [-0.05, 0) is 25.0 Å². The molecule has 1 aliphatic carbocycles. The molecule has 20 heavy (non-hydrogen) atoms. The molecule has 2 aromatic heterocycles. The van der Waals surface area contributed by atoms with Crippen LogP contribution < -0.4 is 10.1 Å². The fraction of sp³-hybridized carbons (Fsp3) is 0.467. The first-order chi connectivity index (χ1) is 9.78. The van der Waals surface area contributed by atoms with E-state index in [0.29, 0.717) is 11.7 Å². The van der Waals surface area contributed by atoms with Crippen LogP contribution in [0.5, 0.6) is 5.75 Å². The van der Waals surface area contributed by atoms with Gasteiger partial charge in [0.05, 0.1) is 6.20 Å². The minimum absolute atomic E-state index is 0.455. The van der Waals surface area contributed by atoms with Gasteiger partial charge in [-0.1, -0.05) is 19.3 Å². The van der Waals surface area contributed by atoms with Gasteiger partial charge >= 0.3 is 6.09 Å². The van der Waals surface area contributed by atoms with Gasteiger partial charge in [0.1, 0.15) is 11.4 Å². The third kappa shape index (κ3) is 2.48. The number of hydrogen-bond donors (Lipinski definition) is 1. The van der Waals surface area contributed by atoms with Gasteiger partial charge < -0.3 is 14.5 Å². The summed E-state index contributed by atoms with van der Waals surface area (Å²) < 4.78 is 7.23. The zero-order valence-electron chi connectivity index (χ0n) is 11.6. The molecule has 1 aliphatic rings. The summed E-state index contributed by atoms with van der Waals surface area (Å²) in [6.45, 7) is 0. The molecule has 1 saturated carbocycles. The number of carbonyl (C=O) groups is 1. The molecule has 3 rings (SSSR count). The largest absolute Gasteiger partial charge is 0.412 e. The molecule has 2 heterocycles. The molecule has 5 nitrogen and oxygen atoms in total. The fourth-order valence-corrected chi connectivity index (χ4v) is 2.90. The quantitative estimate of drug-likeness (QED) is 0.914. The van der Waals surface area contributed by atoms with E-state index in [-0.39, 0.29) is 0 Å². The van der Waals surface area contributed by atoms with Crippen molar-refractivity contribution in [2.75, 3.05) is 7.05 Å². The summed E-state index contributed by atoms with van der Waals surface area (Å²) >= 11 is 0. The maximum Gasteiger partial charge on any atom is 0.412 e. The number of amides is 1. The van der Waals surface area contributed by atoms with Crippen molar-refractivity contribution in [3.8, 4) is 5.75 Å². The molecular weight excluding hydrogens is 254 g/mol. The lowest BCUT2D eigenvalue weighted by atomic mass is 9.87. The number of imidazole rings is 1. The maximum absolute atomic E-state index is 11.3. The lowest BCUT2D eigenvalue weighted by Crippen LogP contribution is -2.22. The van der Waals surface area contributed by atoms with Crippen molar-refractivity contribution in [3.05, 3.63) is 30.2 Å². The highest BCUT2D eigenvalue weighted by molar-refractivity contribution is 5.69. The lowest BCUT2D eigenvalue weighted by Gasteiger charge is -2.21. The van der Waals surface area contributed by atoms with E-state index in [1.807, 2.05) is 22.9 Å². The summed E-state index contributed by atoms with van der Waals surface area (Å²) in [6, 6.07) is 3.65. The SMILES string of the molecule is CNC(=O)Oc1ccc2ncc(C3CCCCC3)n2c1. The zero-order valence-corrected chi connectivity index (χ0v) is 11.6. The van der Waals surface area contributed by atoms with Gasteiger partial charge in [0.15, 0.2) is 0 Å². The minimum atomic E-state index is -0.455. The molecule has 1 fully saturated rings. The van der Waals surface area contributed by atoms with Gasteiger partial charge in [0.2, 0.25) is 0 Å². The molecule has 0 bridgehead atoms. The Morgan fingerprint density at radius 2 is 2.15 bits per heavy atom. The molecule has 5 heteroatoms. The van der Waals surface area contributed by atoms with Crippen LogP contribution in [0.3, 0.4) is 0 Å². The first-order valence-electron chi connectivity index (χ1n) is 7.14. The van der Waals surface area contributed by atoms with Gasteiger partial charge in [-0.15, -0.1) is 0 Å². The van der Waals surface area contributed by atoms with Crippen LogP contribution in [0.15, 0.2) is 24.5 Å². The van der Waals surface area contributed by atoms with Gasteiger partial charge in [0, 0.05) is 24.9 Å². The molecule has 0 aliphatic heterocycles. The number of nitrogens with zero attached hydrogens (tertiary/aromatic N) is 2. The zero-order chi connectivity index (χ0) is 13.9. The third-order valence-electron chi connectivity index (χ3n) is 3.95. The highest BCUT2D eigenvalue weighted by atomic mass is 16.6. The van der Waals surface area contributed by atoms with Crippen molar-refractivity contribution < 1.29 is 9.53 Å². The molecule has 106 valence electrons. The van der Waals surface area contributed by atoms with Crippen LogP contribution in [0, 0.1) is 0 Å². The first kappa shape index (κ1) is 13.0. The number of carbonyl (C=O) groups excluding carboxylic acids is 1. The Labute approximate surface area is 118 Å². The van der Waals surface area contributed by atoms with E-state index in [1.54, 1.807) is 13.1 Å². The average Bonchev–Trinajstić information content (AvgIpc) is 2.91. The van der Waals surface area contributed by atoms with Crippen LogP contribution >= 0.6 is 0 Å². The normalized spacial score (nSPS) is 16.2. The van der Waals surface area contributed by atoms with Crippen molar-refractivity contribution in [2.24, 2.45) is 0 Å². The summed E-state index contributed by atoms with van der Waals surface area (Å²) in [4.78, 5) is 15.7. The van der Waals surface area contributed by atoms with E-state index >= 15 is 0 Å². The van der Waals surface area contributed by atoms with Crippen molar-refractivity contribution >= 4 is 11.7 Å². The van der Waals surface area contributed by atoms with E-state index in [1.165, 1.54) is 37.8 Å². The van der Waals surface area contributed by atoms with Crippen molar-refractivity contribution in [1.29, 1.82) is 0 Å². The van der Waals surface area contributed by atoms with Crippen LogP contribution in [-0.4, -0.2) is 22.5 Å². The predicted molar refractivity (Wildman–Crippen MR) is 76.1 cm³/mol. The van der Waals surface area contributed by atoms with Crippen LogP contribution in [0.25, 0.3) is 5.65 Å². The Bertz CT molecular complexity index is 615. The Balaban J connectivity index is 1.92. The smallest absolute Gasteiger partial charge is 0.409 e. The summed E-state index contributed by atoms with van der Waals surface area (Å²) in [6.07, 6.45) is 9.68. The Kier molecular flexibility index (Phi) is 3.58. The number of hydrogen-bond acceptors (Lipinski definition) is 3. The highest BCUT2D eigenvalue weighted by Crippen LogP contribution is 2.33. The van der Waals surface area contributed by atoms with Gasteiger partial charge in [0.25, 0.3) is 0 Å². The van der Waals surface area contributed by atoms with Crippen molar-refractivity contribution in [3.63, 3.8) is 0 Å². The number of fused-ring (bicyclic) bond motifs is 1. The minimum Gasteiger partial charge on any atom is -0.409 e. The molecule has 1 N–H and O–H groups in total. The van der Waals surface area contributed by atoms with Gasteiger partial charge in [-0.2, -0.15) is 0 Å². The van der Waals surface area contributed by atoms with E-state index in [0.717, 1.165) is 5.65 Å². The molecular formula is C15H19N3O2. The molecule has 0 spiro atoms. The summed E-state index contributed by atoms with van der Waals surface area (Å²) in [7, 11) is 1.55. The second-order valence-corrected chi connectivity index (χ2v) is 5.25. The van der Waals surface area contributed by atoms with E-state index in [9.17, 15) is 4.79 Å². The van der Waals surface area contributed by atoms with Gasteiger partial charge in [-0.25, -0.2) is 9.78 Å². The van der Waals surface area contributed by atoms with Crippen molar-refractivity contribution in [1.82, 2.24) is 14.7 Å². The van der Waals surface area contributed by atoms with Gasteiger partial charge in [-0.3, -0.25) is 0 Å². The van der Waals surface area contributed by atoms with Crippen LogP contribution in [0.4, 0.5) is 4.79 Å². The molecule has 0 atom stereocenters. The number of pyridine rings is 1. The topological polar surface area (TPSA) is 55.6 Å². The molecule has 0 saturated heterocycles. The second kappa shape index (κ2) is 5.53. The second-order valence-electron chi connectivity index (χ2n) is 5.25. The van der Waals surface area contributed by atoms with Crippen LogP contribution in [0.2, 0.25) is 0 Å². The Morgan fingerprint density at radius 3 is 2.90 bits per heavy atom. The molecule has 1 amide bonds. The van der Waals surface area contributed by atoms with Crippen LogP contribution in [0.1, 0.15) is 43.7 Å². The van der Waals surface area contributed by atoms with E-state index in [4.69, 9.17) is 4.74 Å². The average molecular weight is 273 g/mol. The standard InChI is InChI=1S/C15H19N3O2/c1-16-15(19)20-12-7-8-14-17-9-13(18(14)10-12)11-5-3-2-4-6-11/h7-11H,2-6H2,1H3,(H,16,19). The summed E-state index contributed by atoms with van der Waals surface area (Å²) in [5.41, 5.74) is 2.12. The maximum atomic E-state index is 11.3. The number of rotatable bonds is 2. The fourth-order valence-electron chi connectivity index (χ4n) is 2.90. The van der Waals surface area contributed by atoms with E-state index in [2.05, 4.69) is 10.3 Å². The first-order valence-corrected chi connectivity index (χ1v) is 7.14. The molecule has 0 unspecified atom stereocenters.